The van der Waals surface area contributed by atoms with Crippen molar-refractivity contribution in [3.8, 4) is 11.3 Å². The highest BCUT2D eigenvalue weighted by atomic mass is 35.5. The monoisotopic (exact) mass is 453 g/mol. The largest absolute Gasteiger partial charge is 0.457 e. The predicted octanol–water partition coefficient (Wildman–Crippen LogP) is 6.02. The Morgan fingerprint density at radius 1 is 1.19 bits per heavy atom. The number of aryl methyl sites for hydroxylation is 1. The second-order valence-electron chi connectivity index (χ2n) is 6.83. The van der Waals surface area contributed by atoms with Crippen LogP contribution in [0.1, 0.15) is 16.9 Å². The number of nitro groups is 1. The fraction of sp³-hybridized carbons (Fsp3) is 0.0909. The zero-order chi connectivity index (χ0) is 22.1. The van der Waals surface area contributed by atoms with Crippen molar-refractivity contribution in [3.63, 3.8) is 0 Å². The number of aliphatic imine (C=N–C) groups is 1. The molecule has 1 aliphatic heterocycles. The number of amidine groups is 1. The van der Waals surface area contributed by atoms with Crippen LogP contribution in [0.25, 0.3) is 17.4 Å². The Labute approximate surface area is 187 Å². The van der Waals surface area contributed by atoms with E-state index in [2.05, 4.69) is 10.3 Å². The highest BCUT2D eigenvalue weighted by Crippen LogP contribution is 2.33. The molecule has 1 aromatic heterocycles. The van der Waals surface area contributed by atoms with Gasteiger partial charge in [0.25, 0.3) is 11.6 Å². The Morgan fingerprint density at radius 3 is 2.77 bits per heavy atom. The molecule has 4 rings (SSSR count). The zero-order valence-electron chi connectivity index (χ0n) is 16.5. The third kappa shape index (κ3) is 4.40. The number of rotatable bonds is 4. The second kappa shape index (κ2) is 8.41. The summed E-state index contributed by atoms with van der Waals surface area (Å²) >= 11 is 7.32. The Morgan fingerprint density at radius 2 is 2.00 bits per heavy atom. The van der Waals surface area contributed by atoms with Gasteiger partial charge < -0.3 is 9.73 Å². The van der Waals surface area contributed by atoms with Crippen LogP contribution in [0.3, 0.4) is 0 Å². The number of carbonyl (C=O) groups excluding carboxylic acids is 1. The fourth-order valence-corrected chi connectivity index (χ4v) is 3.97. The lowest BCUT2D eigenvalue weighted by molar-refractivity contribution is -0.385. The molecule has 1 aliphatic rings. The van der Waals surface area contributed by atoms with Crippen LogP contribution in [-0.2, 0) is 4.79 Å². The van der Waals surface area contributed by atoms with Crippen LogP contribution in [0, 0.1) is 24.0 Å². The van der Waals surface area contributed by atoms with E-state index in [4.69, 9.17) is 16.0 Å². The molecule has 0 spiro atoms. The molecule has 9 heteroatoms. The van der Waals surface area contributed by atoms with Gasteiger partial charge in [0, 0.05) is 28.3 Å². The fourth-order valence-electron chi connectivity index (χ4n) is 2.98. The standard InChI is InChI=1S/C22H16ClN3O4S/c1-12-6-7-14(10-18(12)26(28)29)19-9-8-15(30-19)11-20-21(27)25-22(31-20)24-17-5-3-4-16(23)13(17)2/h3-11H,1-2H3,(H,24,25,27)/b20-11+. The van der Waals surface area contributed by atoms with Crippen LogP contribution in [0.15, 0.2) is 62.8 Å². The van der Waals surface area contributed by atoms with E-state index in [1.807, 2.05) is 13.0 Å². The van der Waals surface area contributed by atoms with Gasteiger partial charge in [-0.15, -0.1) is 0 Å². The molecule has 7 nitrogen and oxygen atoms in total. The maximum atomic E-state index is 12.3. The lowest BCUT2D eigenvalue weighted by atomic mass is 10.1. The van der Waals surface area contributed by atoms with Crippen LogP contribution in [0.4, 0.5) is 11.4 Å². The van der Waals surface area contributed by atoms with Crippen molar-refractivity contribution in [1.82, 2.24) is 5.32 Å². The number of nitrogens with zero attached hydrogens (tertiary/aromatic N) is 2. The first-order chi connectivity index (χ1) is 14.8. The summed E-state index contributed by atoms with van der Waals surface area (Å²) in [5.41, 5.74) is 2.69. The molecule has 0 atom stereocenters. The molecular weight excluding hydrogens is 438 g/mol. The van der Waals surface area contributed by atoms with Gasteiger partial charge in [0.1, 0.15) is 11.5 Å². The maximum absolute atomic E-state index is 12.3. The first-order valence-electron chi connectivity index (χ1n) is 9.22. The number of furan rings is 1. The number of nitro benzene ring substituents is 1. The minimum Gasteiger partial charge on any atom is -0.457 e. The summed E-state index contributed by atoms with van der Waals surface area (Å²) in [6.07, 6.45) is 1.61. The minimum absolute atomic E-state index is 0.0247. The number of thioether (sulfide) groups is 1. The number of hydrogen-bond acceptors (Lipinski definition) is 6. The van der Waals surface area contributed by atoms with E-state index >= 15 is 0 Å². The average Bonchev–Trinajstić information content (AvgIpc) is 3.32. The average molecular weight is 454 g/mol. The highest BCUT2D eigenvalue weighted by molar-refractivity contribution is 8.18. The van der Waals surface area contributed by atoms with E-state index < -0.39 is 4.92 Å². The maximum Gasteiger partial charge on any atom is 0.273 e. The second-order valence-corrected chi connectivity index (χ2v) is 8.26. The number of benzene rings is 2. The van der Waals surface area contributed by atoms with Gasteiger partial charge in [-0.05, 0) is 55.4 Å². The van der Waals surface area contributed by atoms with Crippen molar-refractivity contribution in [2.45, 2.75) is 13.8 Å². The quantitative estimate of drug-likeness (QED) is 0.296. The third-order valence-electron chi connectivity index (χ3n) is 4.70. The smallest absolute Gasteiger partial charge is 0.273 e. The molecule has 0 radical (unpaired) electrons. The van der Waals surface area contributed by atoms with E-state index in [1.54, 1.807) is 49.4 Å². The van der Waals surface area contributed by atoms with Crippen molar-refractivity contribution >= 4 is 51.9 Å². The highest BCUT2D eigenvalue weighted by Gasteiger charge is 2.25. The van der Waals surface area contributed by atoms with Crippen molar-refractivity contribution in [2.75, 3.05) is 0 Å². The Balaban J connectivity index is 1.58. The summed E-state index contributed by atoms with van der Waals surface area (Å²) in [5, 5.41) is 15.0. The zero-order valence-corrected chi connectivity index (χ0v) is 18.1. The van der Waals surface area contributed by atoms with Gasteiger partial charge in [-0.3, -0.25) is 14.9 Å². The van der Waals surface area contributed by atoms with Gasteiger partial charge in [0.15, 0.2) is 5.17 Å². The minimum atomic E-state index is -0.424. The first kappa shape index (κ1) is 20.9. The predicted molar refractivity (Wildman–Crippen MR) is 123 cm³/mol. The number of halogens is 1. The summed E-state index contributed by atoms with van der Waals surface area (Å²) in [4.78, 5) is 28.0. The number of hydrogen-bond donors (Lipinski definition) is 1. The first-order valence-corrected chi connectivity index (χ1v) is 10.4. The normalized spacial score (nSPS) is 16.2. The summed E-state index contributed by atoms with van der Waals surface area (Å²) in [5.74, 6) is 0.644. The van der Waals surface area contributed by atoms with E-state index in [0.29, 0.717) is 43.4 Å². The van der Waals surface area contributed by atoms with Crippen LogP contribution in [-0.4, -0.2) is 16.0 Å². The Bertz CT molecular complexity index is 1280. The molecule has 0 saturated carbocycles. The number of nitrogens with one attached hydrogen (secondary N) is 1. The van der Waals surface area contributed by atoms with Crippen LogP contribution in [0.2, 0.25) is 5.02 Å². The molecule has 0 aliphatic carbocycles. The van der Waals surface area contributed by atoms with E-state index in [1.165, 1.54) is 17.8 Å². The summed E-state index contributed by atoms with van der Waals surface area (Å²) in [7, 11) is 0. The molecule has 1 fully saturated rings. The molecule has 156 valence electrons. The summed E-state index contributed by atoms with van der Waals surface area (Å²) in [6, 6.07) is 13.7. The van der Waals surface area contributed by atoms with E-state index in [9.17, 15) is 14.9 Å². The molecule has 2 aromatic carbocycles. The Hall–Kier alpha value is -3.36. The van der Waals surface area contributed by atoms with Crippen molar-refractivity contribution in [1.29, 1.82) is 0 Å². The van der Waals surface area contributed by atoms with Gasteiger partial charge in [-0.25, -0.2) is 4.99 Å². The lowest BCUT2D eigenvalue weighted by Gasteiger charge is -2.02. The SMILES string of the molecule is Cc1ccc(-c2ccc(/C=C3/SC(=Nc4cccc(Cl)c4C)NC3=O)o2)cc1[N+](=O)[O-]. The van der Waals surface area contributed by atoms with Gasteiger partial charge in [0.05, 0.1) is 15.5 Å². The van der Waals surface area contributed by atoms with Crippen LogP contribution >= 0.6 is 23.4 Å². The van der Waals surface area contributed by atoms with Crippen molar-refractivity contribution in [2.24, 2.45) is 4.99 Å². The topological polar surface area (TPSA) is 97.7 Å². The lowest BCUT2D eigenvalue weighted by Crippen LogP contribution is -2.19. The van der Waals surface area contributed by atoms with E-state index in [0.717, 1.165) is 5.56 Å². The van der Waals surface area contributed by atoms with Gasteiger partial charge >= 0.3 is 0 Å². The molecular formula is C22H16ClN3O4S. The number of carbonyl (C=O) groups is 1. The van der Waals surface area contributed by atoms with Gasteiger partial charge in [0.2, 0.25) is 0 Å². The molecule has 0 bridgehead atoms. The van der Waals surface area contributed by atoms with E-state index in [-0.39, 0.29) is 11.6 Å². The molecule has 2 heterocycles. The van der Waals surface area contributed by atoms with Crippen molar-refractivity contribution in [3.05, 3.63) is 85.5 Å². The van der Waals surface area contributed by atoms with Crippen LogP contribution in [0.5, 0.6) is 0 Å². The third-order valence-corrected chi connectivity index (χ3v) is 6.02. The summed E-state index contributed by atoms with van der Waals surface area (Å²) in [6.45, 7) is 3.54. The van der Waals surface area contributed by atoms with Crippen LogP contribution < -0.4 is 5.32 Å². The molecule has 1 N–H and O–H groups in total. The van der Waals surface area contributed by atoms with Gasteiger partial charge in [-0.2, -0.15) is 0 Å². The van der Waals surface area contributed by atoms with Crippen molar-refractivity contribution < 1.29 is 14.1 Å². The van der Waals surface area contributed by atoms with Gasteiger partial charge in [-0.1, -0.05) is 29.8 Å². The summed E-state index contributed by atoms with van der Waals surface area (Å²) < 4.78 is 5.79. The molecule has 3 aromatic rings. The molecule has 1 amide bonds. The molecule has 0 unspecified atom stereocenters. The Kier molecular flexibility index (Phi) is 5.67. The molecule has 31 heavy (non-hydrogen) atoms. The number of amides is 1. The molecule has 1 saturated heterocycles.